The molecule has 0 aromatic carbocycles. The predicted molar refractivity (Wildman–Crippen MR) is 122 cm³/mol. The van der Waals surface area contributed by atoms with E-state index in [0.29, 0.717) is 42.8 Å². The van der Waals surface area contributed by atoms with Crippen molar-refractivity contribution < 1.29 is 19.1 Å². The van der Waals surface area contributed by atoms with E-state index in [2.05, 4.69) is 19.2 Å². The summed E-state index contributed by atoms with van der Waals surface area (Å²) in [4.78, 5) is 26.6. The summed E-state index contributed by atoms with van der Waals surface area (Å²) < 4.78 is 13.2. The number of esters is 1. The molecule has 2 aromatic rings. The van der Waals surface area contributed by atoms with Crippen molar-refractivity contribution in [3.8, 4) is 0 Å². The molecule has 0 amide bonds. The Morgan fingerprint density at radius 1 is 1.28 bits per heavy atom. The number of hydrogen-bond acceptors (Lipinski definition) is 6. The second kappa shape index (κ2) is 8.92. The van der Waals surface area contributed by atoms with Crippen LogP contribution in [-0.4, -0.2) is 42.5 Å². The molecule has 4 rings (SSSR count). The van der Waals surface area contributed by atoms with Crippen LogP contribution in [-0.2, 0) is 19.1 Å². The maximum absolute atomic E-state index is 13.4. The molecule has 3 heterocycles. The minimum atomic E-state index is -0.509. The van der Waals surface area contributed by atoms with Gasteiger partial charge in [-0.15, -0.1) is 0 Å². The van der Waals surface area contributed by atoms with Crippen LogP contribution in [0, 0.1) is 5.41 Å². The van der Waals surface area contributed by atoms with Gasteiger partial charge in [0.05, 0.1) is 31.1 Å². The van der Waals surface area contributed by atoms with E-state index in [-0.39, 0.29) is 24.4 Å². The molecular weight excluding hydrogens is 406 g/mol. The molecule has 0 bridgehead atoms. The molecule has 1 unspecified atom stereocenters. The number of aromatic nitrogens is 1. The van der Waals surface area contributed by atoms with Crippen molar-refractivity contribution >= 4 is 17.3 Å². The zero-order valence-corrected chi connectivity index (χ0v) is 18.9. The van der Waals surface area contributed by atoms with Crippen LogP contribution in [0.15, 0.2) is 59.2 Å². The zero-order valence-electron chi connectivity index (χ0n) is 18.9. The zero-order chi connectivity index (χ0) is 22.9. The summed E-state index contributed by atoms with van der Waals surface area (Å²) >= 11 is 0. The number of hydrogen-bond donors (Lipinski definition) is 2. The lowest BCUT2D eigenvalue weighted by Crippen LogP contribution is -2.40. The molecular formula is C25H31N3O4. The predicted octanol–water partition coefficient (Wildman–Crippen LogP) is 3.06. The van der Waals surface area contributed by atoms with Crippen LogP contribution in [0.5, 0.6) is 0 Å². The summed E-state index contributed by atoms with van der Waals surface area (Å²) in [6.45, 7) is 7.16. The molecule has 1 aliphatic carbocycles. The van der Waals surface area contributed by atoms with Gasteiger partial charge in [-0.05, 0) is 48.6 Å². The molecule has 2 aliphatic rings. The lowest BCUT2D eigenvalue weighted by atomic mass is 9.68. The molecule has 3 N–H and O–H groups in total. The van der Waals surface area contributed by atoms with Gasteiger partial charge in [-0.2, -0.15) is 0 Å². The Hall–Kier alpha value is -2.90. The number of ether oxygens (including phenoxy) is 2. The first-order valence-corrected chi connectivity index (χ1v) is 11.1. The van der Waals surface area contributed by atoms with Crippen LogP contribution in [0.4, 0.5) is 0 Å². The molecule has 7 nitrogen and oxygen atoms in total. The number of fused-ring (bicyclic) bond motifs is 1. The fourth-order valence-corrected chi connectivity index (χ4v) is 4.73. The number of nitrogens with one attached hydrogen (secondary N) is 1. The number of pyridine rings is 1. The highest BCUT2D eigenvalue weighted by Gasteiger charge is 2.43. The highest BCUT2D eigenvalue weighted by Crippen LogP contribution is 2.47. The van der Waals surface area contributed by atoms with Crippen LogP contribution in [0.3, 0.4) is 0 Å². The van der Waals surface area contributed by atoms with Gasteiger partial charge in [0.2, 0.25) is 0 Å². The van der Waals surface area contributed by atoms with Crippen LogP contribution in [0.25, 0.3) is 5.52 Å². The first-order valence-electron chi connectivity index (χ1n) is 11.1. The third kappa shape index (κ3) is 4.23. The summed E-state index contributed by atoms with van der Waals surface area (Å²) in [5.74, 6) is -0.881. The second-order valence-electron chi connectivity index (χ2n) is 9.15. The molecule has 0 spiro atoms. The van der Waals surface area contributed by atoms with E-state index in [9.17, 15) is 9.59 Å². The summed E-state index contributed by atoms with van der Waals surface area (Å²) in [7, 11) is 0. The van der Waals surface area contributed by atoms with E-state index in [4.69, 9.17) is 15.2 Å². The largest absolute Gasteiger partial charge is 0.463 e. The molecule has 7 heteroatoms. The highest BCUT2D eigenvalue weighted by molar-refractivity contribution is 6.04. The minimum absolute atomic E-state index is 0.0627. The average molecular weight is 438 g/mol. The van der Waals surface area contributed by atoms with Crippen LogP contribution in [0.1, 0.15) is 45.1 Å². The third-order valence-corrected chi connectivity index (χ3v) is 6.02. The quantitative estimate of drug-likeness (QED) is 0.511. The Balaban J connectivity index is 1.89. The van der Waals surface area contributed by atoms with Gasteiger partial charge in [-0.1, -0.05) is 13.8 Å². The van der Waals surface area contributed by atoms with Crippen molar-refractivity contribution in [3.63, 3.8) is 0 Å². The summed E-state index contributed by atoms with van der Waals surface area (Å²) in [6, 6.07) is 7.98. The van der Waals surface area contributed by atoms with Crippen molar-refractivity contribution in [2.75, 3.05) is 26.4 Å². The van der Waals surface area contributed by atoms with Crippen LogP contribution >= 0.6 is 0 Å². The Labute approximate surface area is 188 Å². The van der Waals surface area contributed by atoms with Crippen molar-refractivity contribution in [2.45, 2.75) is 39.5 Å². The molecule has 1 atom stereocenters. The Morgan fingerprint density at radius 3 is 2.84 bits per heavy atom. The van der Waals surface area contributed by atoms with E-state index in [1.807, 2.05) is 41.1 Å². The third-order valence-electron chi connectivity index (χ3n) is 6.02. The second-order valence-corrected chi connectivity index (χ2v) is 9.15. The van der Waals surface area contributed by atoms with Crippen LogP contribution in [0.2, 0.25) is 0 Å². The van der Waals surface area contributed by atoms with Gasteiger partial charge in [0.1, 0.15) is 0 Å². The van der Waals surface area contributed by atoms with E-state index < -0.39 is 11.9 Å². The Morgan fingerprint density at radius 2 is 2.09 bits per heavy atom. The average Bonchev–Trinajstić information content (AvgIpc) is 3.20. The standard InChI is InChI=1S/C25H31N3O4/c1-4-32-24(30)23-19(15-31-11-8-26)27-18-13-25(2,3)14-20(29)22(18)21(23)16-7-10-28-9-5-6-17(28)12-16/h5-7,9-10,12,21,27H,4,8,11,13-15,26H2,1-3H3. The lowest BCUT2D eigenvalue weighted by molar-refractivity contribution is -0.139. The van der Waals surface area contributed by atoms with Gasteiger partial charge in [-0.3, -0.25) is 4.79 Å². The fourth-order valence-electron chi connectivity index (χ4n) is 4.73. The molecule has 0 radical (unpaired) electrons. The van der Waals surface area contributed by atoms with Gasteiger partial charge in [0, 0.05) is 48.1 Å². The molecule has 32 heavy (non-hydrogen) atoms. The fraction of sp³-hybridized carbons (Fsp3) is 0.440. The van der Waals surface area contributed by atoms with Gasteiger partial charge in [-0.25, -0.2) is 4.79 Å². The molecule has 170 valence electrons. The number of Topliss-reactive ketones (excluding diaryl/α,β-unsaturated/α-hetero) is 1. The molecule has 0 saturated carbocycles. The summed E-state index contributed by atoms with van der Waals surface area (Å²) in [6.07, 6.45) is 5.08. The van der Waals surface area contributed by atoms with Crippen molar-refractivity contribution in [2.24, 2.45) is 11.1 Å². The number of rotatable bonds is 7. The van der Waals surface area contributed by atoms with Crippen molar-refractivity contribution in [1.82, 2.24) is 9.72 Å². The van der Waals surface area contributed by atoms with Crippen LogP contribution < -0.4 is 11.1 Å². The van der Waals surface area contributed by atoms with Crippen molar-refractivity contribution in [1.29, 1.82) is 0 Å². The summed E-state index contributed by atoms with van der Waals surface area (Å²) in [5, 5.41) is 3.39. The van der Waals surface area contributed by atoms with E-state index in [0.717, 1.165) is 16.8 Å². The molecule has 1 aliphatic heterocycles. The first kappa shape index (κ1) is 22.3. The summed E-state index contributed by atoms with van der Waals surface area (Å²) in [5.41, 5.74) is 9.92. The Bertz CT molecular complexity index is 1110. The number of ketones is 1. The van der Waals surface area contributed by atoms with Crippen molar-refractivity contribution in [3.05, 3.63) is 64.8 Å². The van der Waals surface area contributed by atoms with Gasteiger partial charge < -0.3 is 24.9 Å². The minimum Gasteiger partial charge on any atom is -0.463 e. The molecule has 2 aromatic heterocycles. The highest BCUT2D eigenvalue weighted by atomic mass is 16.5. The number of dihydropyridines is 1. The first-order chi connectivity index (χ1) is 15.3. The van der Waals surface area contributed by atoms with Gasteiger partial charge >= 0.3 is 5.97 Å². The topological polar surface area (TPSA) is 95.1 Å². The SMILES string of the molecule is CCOC(=O)C1=C(COCCN)NC2=C(C(=O)CC(C)(C)C2)C1c1ccn2cccc2c1. The van der Waals surface area contributed by atoms with Gasteiger partial charge in [0.25, 0.3) is 0 Å². The maximum Gasteiger partial charge on any atom is 0.336 e. The number of carbonyl (C=O) groups is 2. The normalized spacial score (nSPS) is 20.4. The number of carbonyl (C=O) groups excluding carboxylic acids is 2. The van der Waals surface area contributed by atoms with E-state index >= 15 is 0 Å². The Kier molecular flexibility index (Phi) is 6.22. The van der Waals surface area contributed by atoms with Gasteiger partial charge in [0.15, 0.2) is 5.78 Å². The number of nitrogens with two attached hydrogens (primary N) is 1. The number of nitrogens with zero attached hydrogens (tertiary/aromatic N) is 1. The smallest absolute Gasteiger partial charge is 0.336 e. The van der Waals surface area contributed by atoms with E-state index in [1.54, 1.807) is 6.92 Å². The number of allylic oxidation sites excluding steroid dienone is 2. The van der Waals surface area contributed by atoms with E-state index in [1.165, 1.54) is 0 Å². The molecule has 0 saturated heterocycles. The monoisotopic (exact) mass is 437 g/mol. The molecule has 0 fully saturated rings. The lowest BCUT2D eigenvalue weighted by Gasteiger charge is -2.40. The maximum atomic E-state index is 13.4.